The van der Waals surface area contributed by atoms with E-state index in [-0.39, 0.29) is 89.9 Å². The molecule has 4 saturated heterocycles. The van der Waals surface area contributed by atoms with Gasteiger partial charge in [-0.1, -0.05) is 19.1 Å². The molecule has 12 heterocycles. The van der Waals surface area contributed by atoms with Gasteiger partial charge in [-0.25, -0.2) is 12.8 Å². The van der Waals surface area contributed by atoms with Gasteiger partial charge in [0.05, 0.1) is 68.1 Å². The van der Waals surface area contributed by atoms with Crippen molar-refractivity contribution in [2.24, 2.45) is 5.41 Å². The lowest BCUT2D eigenvalue weighted by Crippen LogP contribution is -2.59. The molecule has 4 spiro atoms. The van der Waals surface area contributed by atoms with Crippen molar-refractivity contribution in [2.45, 2.75) is 266 Å². The molecule has 746 valence electrons. The Kier molecular flexibility index (Phi) is 28.1. The lowest BCUT2D eigenvalue weighted by molar-refractivity contribution is -0.145. The Morgan fingerprint density at radius 1 is 0.474 bits per heavy atom. The third kappa shape index (κ3) is 20.3. The van der Waals surface area contributed by atoms with Crippen LogP contribution >= 0.6 is 0 Å². The zero-order chi connectivity index (χ0) is 99.2. The zero-order valence-corrected chi connectivity index (χ0v) is 81.2. The summed E-state index contributed by atoms with van der Waals surface area (Å²) in [6, 6.07) is 35.8. The fourth-order valence-corrected chi connectivity index (χ4v) is 22.9. The number of alkyl halides is 9. The predicted octanol–water partition coefficient (Wildman–Crippen LogP) is 17.7. The maximum absolute atomic E-state index is 14.3. The van der Waals surface area contributed by atoms with Gasteiger partial charge in [0, 0.05) is 170 Å². The van der Waals surface area contributed by atoms with Gasteiger partial charge >= 0.3 is 18.5 Å². The number of likely N-dealkylation sites (tertiary alicyclic amines) is 4. The number of aliphatic hydroxyl groups is 1. The minimum atomic E-state index is -4.91. The summed E-state index contributed by atoms with van der Waals surface area (Å²) in [5.41, 5.74) is 2.46. The highest BCUT2D eigenvalue weighted by atomic mass is 32.2. The van der Waals surface area contributed by atoms with Crippen LogP contribution in [0, 0.1) is 11.2 Å². The molecule has 2 N–H and O–H groups in total. The number of likely N-dealkylation sites (N-methyl/N-ethyl adjacent to an activating group) is 2. The molecular weight excluding hydrogens is 1810 g/mol. The van der Waals surface area contributed by atoms with E-state index in [0.29, 0.717) is 169 Å². The molecule has 6 fully saturated rings. The second-order valence-electron chi connectivity index (χ2n) is 41.0. The number of hydrogen-bond acceptors (Lipinski definition) is 16. The lowest BCUT2D eigenvalue weighted by atomic mass is 9.80. The first-order chi connectivity index (χ1) is 64.3. The number of ether oxygens (including phenoxy) is 3. The molecule has 4 amide bonds. The van der Waals surface area contributed by atoms with E-state index in [0.717, 1.165) is 74.6 Å². The number of fused-ring (bicyclic) bond motifs is 8. The number of benzene rings is 4. The van der Waals surface area contributed by atoms with Gasteiger partial charge in [-0.2, -0.15) is 39.5 Å². The van der Waals surface area contributed by atoms with E-state index in [9.17, 15) is 86.2 Å². The smallest absolute Gasteiger partial charge is 0.456 e. The van der Waals surface area contributed by atoms with Gasteiger partial charge in [0.25, 0.3) is 29.4 Å². The van der Waals surface area contributed by atoms with Gasteiger partial charge in [-0.3, -0.25) is 43.5 Å². The van der Waals surface area contributed by atoms with Crippen molar-refractivity contribution in [1.82, 2.24) is 57.9 Å². The molecule has 35 heteroatoms. The fraction of sp³-hybridized carbons (Fsp3) is 0.549. The number of hydrogen-bond donors (Lipinski definition) is 2. The van der Waals surface area contributed by atoms with E-state index in [4.69, 9.17) is 14.2 Å². The molecule has 0 radical (unpaired) electrons. The molecule has 2 saturated carbocycles. The van der Waals surface area contributed by atoms with Gasteiger partial charge in [-0.05, 0) is 287 Å². The van der Waals surface area contributed by atoms with E-state index >= 15 is 0 Å². The van der Waals surface area contributed by atoms with E-state index < -0.39 is 78.3 Å². The number of carbonyl (C=O) groups excluding carboxylic acids is 6. The average Bonchev–Trinajstić information content (AvgIpc) is 1.59. The summed E-state index contributed by atoms with van der Waals surface area (Å²) in [7, 11) is 2.17. The second-order valence-corrected chi connectivity index (χ2v) is 43.7. The summed E-state index contributed by atoms with van der Waals surface area (Å²) < 4.78 is 182. The maximum Gasteiger partial charge on any atom is 0.456 e. The van der Waals surface area contributed by atoms with Crippen LogP contribution in [0.2, 0.25) is 0 Å². The monoisotopic (exact) mass is 1940 g/mol. The number of sulfone groups is 1. The molecule has 18 rings (SSSR count). The Morgan fingerprint density at radius 2 is 0.883 bits per heavy atom. The Hall–Kier alpha value is -10.3. The Morgan fingerprint density at radius 3 is 1.34 bits per heavy atom. The van der Waals surface area contributed by atoms with Crippen molar-refractivity contribution in [3.63, 3.8) is 0 Å². The number of halogens is 10. The van der Waals surface area contributed by atoms with Crippen molar-refractivity contribution < 1.29 is 103 Å². The molecule has 1 atom stereocenters. The molecule has 8 aromatic rings. The van der Waals surface area contributed by atoms with Crippen molar-refractivity contribution >= 4 is 45.0 Å². The van der Waals surface area contributed by atoms with Gasteiger partial charge in [0.1, 0.15) is 11.4 Å². The summed E-state index contributed by atoms with van der Waals surface area (Å²) in [5.74, 6) is -1.55. The Labute approximate surface area is 796 Å². The number of amides is 4. The molecule has 4 aromatic carbocycles. The molecule has 2 aliphatic carbocycles. The Balaban J connectivity index is 0.000000156. The average molecular weight is 1940 g/mol. The fourth-order valence-electron chi connectivity index (χ4n) is 21.7. The van der Waals surface area contributed by atoms with E-state index in [1.807, 2.05) is 50.9 Å². The summed E-state index contributed by atoms with van der Waals surface area (Å²) in [6.45, 7) is 27.4. The zero-order valence-electron chi connectivity index (χ0n) is 80.4. The number of piperidine rings is 4. The van der Waals surface area contributed by atoms with Crippen molar-refractivity contribution in [2.75, 3.05) is 93.2 Å². The number of methoxy groups -OCH3 is 1. The maximum atomic E-state index is 14.3. The molecule has 10 aliphatic rings. The molecule has 24 nitrogen and oxygen atoms in total. The summed E-state index contributed by atoms with van der Waals surface area (Å²) in [5, 5.41) is 13.5. The largest absolute Gasteiger partial charge is 0.493 e. The molecule has 0 bridgehead atoms. The van der Waals surface area contributed by atoms with Gasteiger partial charge in [0.2, 0.25) is 0 Å². The van der Waals surface area contributed by atoms with Crippen molar-refractivity contribution in [1.29, 1.82) is 0 Å². The minimum Gasteiger partial charge on any atom is -0.493 e. The van der Waals surface area contributed by atoms with Crippen LogP contribution in [0.1, 0.15) is 258 Å². The number of ketones is 2. The molecule has 1 unspecified atom stereocenters. The van der Waals surface area contributed by atoms with Crippen LogP contribution in [-0.4, -0.2) is 235 Å². The summed E-state index contributed by atoms with van der Waals surface area (Å²) >= 11 is 0. The SMILES string of the molecule is CC1Cn2c(C(F)(F)F)ccc2C2(CCN(C(=O)c3ccc(OC(C)C)c(F)c3)CC2)N1.CN1CCn2c(C(=O)C(F)(F)F)ccc2C12CCN(C(=O)c1ccc(CC(C)(C)O)cc1)CC2.CN1CCn2c(C(=O)C3(C)CC3)ccc2C12CCN(C(=O)c1ccc(S(=O)(=O)C(C)(C)C)cc1)CC2.COc1cc(C(=O)N2CCC3(CC2)c2ccc(C(F)(F)F)n2CCN3C2CC2)ccc1OC(C)C.[HH].[HH]. The highest BCUT2D eigenvalue weighted by Crippen LogP contribution is 2.53. The number of rotatable bonds is 16. The number of aromatic nitrogens is 4. The topological polar surface area (TPSA) is 239 Å². The van der Waals surface area contributed by atoms with E-state index in [1.165, 1.54) is 49.7 Å². The van der Waals surface area contributed by atoms with Crippen molar-refractivity contribution in [3.8, 4) is 17.2 Å². The Bertz CT molecular complexity index is 5940. The highest BCUT2D eigenvalue weighted by molar-refractivity contribution is 7.92. The normalized spacial score (nSPS) is 20.2. The van der Waals surface area contributed by atoms with Gasteiger partial charge in [0.15, 0.2) is 38.7 Å². The highest BCUT2D eigenvalue weighted by Gasteiger charge is 2.56. The predicted molar refractivity (Wildman–Crippen MR) is 500 cm³/mol. The van der Waals surface area contributed by atoms with E-state index in [1.54, 1.807) is 143 Å². The minimum absolute atomic E-state index is 0. The first-order valence-corrected chi connectivity index (χ1v) is 49.0. The third-order valence-corrected chi connectivity index (χ3v) is 32.0. The van der Waals surface area contributed by atoms with Gasteiger partial charge in [-0.15, -0.1) is 0 Å². The van der Waals surface area contributed by atoms with Crippen LogP contribution in [0.25, 0.3) is 0 Å². The van der Waals surface area contributed by atoms with Crippen LogP contribution in [0.3, 0.4) is 0 Å². The first kappa shape index (κ1) is 101. The van der Waals surface area contributed by atoms with Crippen LogP contribution in [0.5, 0.6) is 17.2 Å². The van der Waals surface area contributed by atoms with Crippen LogP contribution in [0.4, 0.5) is 43.9 Å². The molecule has 137 heavy (non-hydrogen) atoms. The number of nitrogens with zero attached hydrogens (tertiary/aromatic N) is 11. The number of carbonyl (C=O) groups is 6. The number of nitrogens with one attached hydrogen (secondary N) is 1. The second kappa shape index (κ2) is 38.0. The summed E-state index contributed by atoms with van der Waals surface area (Å²) in [4.78, 5) is 92.0. The lowest BCUT2D eigenvalue weighted by Gasteiger charge is -2.52. The number of Topliss-reactive ketones (excluding diaryl/α,β-unsaturated/α-hetero) is 2. The van der Waals surface area contributed by atoms with Crippen LogP contribution < -0.4 is 19.5 Å². The molecule has 4 aromatic heterocycles. The summed E-state index contributed by atoms with van der Waals surface area (Å²) in [6.07, 6.45) is -4.43. The van der Waals surface area contributed by atoms with Gasteiger partial charge < -0.3 is 62.5 Å². The molecule has 8 aliphatic heterocycles. The van der Waals surface area contributed by atoms with Crippen LogP contribution in [-0.2, 0) is 76.9 Å². The first-order valence-electron chi connectivity index (χ1n) is 47.5. The standard InChI is InChI=1S/C28H37N3O4S.C26H32F3N3O3.C25H30F3N3O3.C23H27F4N3O2.2H2/c1-26(2,3)36(34,35)21-8-6-20(7-9-21)25(33)30-16-14-28(15-17-30)23-11-10-22(24(32)27(4)12-13-27)31(23)19-18-29(28)5;1-17(2)35-20-7-4-18(16-21(20)34-3)24(33)30-12-10-25(11-13-30)22-8-9-23(26(27,28)29)31(22)14-15-32(25)19-5-6-19;1-23(2,34)16-17-4-6-18(7-5-17)22(33)30-12-10-24(11-13-30)20-9-8-19(21(32)25(26,27)28)31(20)15-14-29(24)3;1-14(2)32-18-5-4-16(12-17(18)24)21(31)29-10-8-22(9-11-29)19-6-7-20(23(25,26)27)30(19)13-15(3)28-22;;/h6-11H,12-19H2,1-5H3;4,7-9,16-17,19H,5-6,10-15H2,1-3H3;4-9,34H,10-16H2,1-3H3;4-7,12,14-15,28H,8-11,13H2,1-3H3;2*1H. The van der Waals surface area contributed by atoms with Crippen LogP contribution in [0.15, 0.2) is 138 Å². The molecular formula is C102H130F10N12O12S. The third-order valence-electron chi connectivity index (χ3n) is 29.5. The quantitative estimate of drug-likeness (QED) is 0.0675. The van der Waals surface area contributed by atoms with Crippen molar-refractivity contribution in [3.05, 3.63) is 213 Å². The van der Waals surface area contributed by atoms with E-state index in [2.05, 4.69) is 44.6 Å².